The molecule has 0 aliphatic heterocycles. The first-order valence-corrected chi connectivity index (χ1v) is 4.22. The van der Waals surface area contributed by atoms with Gasteiger partial charge in [-0.3, -0.25) is 4.98 Å². The van der Waals surface area contributed by atoms with E-state index in [0.717, 1.165) is 0 Å². The maximum atomic E-state index is 10.9. The Morgan fingerprint density at radius 2 is 2.43 bits per heavy atom. The number of aromatic nitrogens is 1. The third kappa shape index (κ3) is 3.26. The highest BCUT2D eigenvalue weighted by Crippen LogP contribution is 2.06. The van der Waals surface area contributed by atoms with E-state index in [1.807, 2.05) is 0 Å². The third-order valence-electron chi connectivity index (χ3n) is 1.45. The summed E-state index contributed by atoms with van der Waals surface area (Å²) in [7, 11) is 0. The van der Waals surface area contributed by atoms with Gasteiger partial charge in [0.1, 0.15) is 5.75 Å². The molecule has 1 rings (SSSR count). The molecule has 0 aromatic carbocycles. The van der Waals surface area contributed by atoms with Crippen LogP contribution in [0.25, 0.3) is 6.08 Å². The zero-order valence-corrected chi connectivity index (χ0v) is 7.80. The number of esters is 1. The lowest BCUT2D eigenvalue weighted by Gasteiger charge is -1.95. The molecular formula is C10H11NO3. The first-order chi connectivity index (χ1) is 6.72. The van der Waals surface area contributed by atoms with Gasteiger partial charge in [-0.1, -0.05) is 0 Å². The maximum absolute atomic E-state index is 10.9. The van der Waals surface area contributed by atoms with Crippen molar-refractivity contribution >= 4 is 12.0 Å². The monoisotopic (exact) mass is 193 g/mol. The fourth-order valence-corrected chi connectivity index (χ4v) is 0.840. The van der Waals surface area contributed by atoms with E-state index in [1.165, 1.54) is 24.4 Å². The van der Waals surface area contributed by atoms with Crippen LogP contribution in [0.5, 0.6) is 5.75 Å². The SMILES string of the molecule is CCOC(=O)C=Cc1ccc(O)cn1. The summed E-state index contributed by atoms with van der Waals surface area (Å²) in [4.78, 5) is 14.8. The molecule has 1 heterocycles. The van der Waals surface area contributed by atoms with Gasteiger partial charge < -0.3 is 9.84 Å². The molecule has 0 aliphatic rings. The summed E-state index contributed by atoms with van der Waals surface area (Å²) < 4.78 is 4.68. The number of rotatable bonds is 3. The van der Waals surface area contributed by atoms with Gasteiger partial charge in [-0.25, -0.2) is 4.79 Å². The lowest BCUT2D eigenvalue weighted by atomic mass is 10.3. The molecular weight excluding hydrogens is 182 g/mol. The van der Waals surface area contributed by atoms with Gasteiger partial charge in [0.25, 0.3) is 0 Å². The fraction of sp³-hybridized carbons (Fsp3) is 0.200. The lowest BCUT2D eigenvalue weighted by molar-refractivity contribution is -0.137. The van der Waals surface area contributed by atoms with Crippen molar-refractivity contribution in [3.8, 4) is 5.75 Å². The second-order valence-corrected chi connectivity index (χ2v) is 2.53. The van der Waals surface area contributed by atoms with Gasteiger partial charge in [0.15, 0.2) is 0 Å². The quantitative estimate of drug-likeness (QED) is 0.581. The average molecular weight is 193 g/mol. The largest absolute Gasteiger partial charge is 0.506 e. The summed E-state index contributed by atoms with van der Waals surface area (Å²) >= 11 is 0. The normalized spacial score (nSPS) is 10.4. The number of hydrogen-bond acceptors (Lipinski definition) is 4. The van der Waals surface area contributed by atoms with E-state index in [0.29, 0.717) is 12.3 Å². The summed E-state index contributed by atoms with van der Waals surface area (Å²) in [6.07, 6.45) is 4.13. The van der Waals surface area contributed by atoms with E-state index in [9.17, 15) is 4.79 Å². The van der Waals surface area contributed by atoms with Gasteiger partial charge in [0.05, 0.1) is 18.5 Å². The van der Waals surface area contributed by atoms with Crippen LogP contribution in [0.3, 0.4) is 0 Å². The Kier molecular flexibility index (Phi) is 3.67. The van der Waals surface area contributed by atoms with E-state index >= 15 is 0 Å². The van der Waals surface area contributed by atoms with E-state index in [4.69, 9.17) is 5.11 Å². The lowest BCUT2D eigenvalue weighted by Crippen LogP contribution is -1.98. The van der Waals surface area contributed by atoms with Crippen molar-refractivity contribution in [3.63, 3.8) is 0 Å². The van der Waals surface area contributed by atoms with Gasteiger partial charge in [-0.05, 0) is 25.1 Å². The minimum atomic E-state index is -0.401. The molecule has 0 aliphatic carbocycles. The van der Waals surface area contributed by atoms with Crippen LogP contribution in [0.1, 0.15) is 12.6 Å². The number of aromatic hydroxyl groups is 1. The highest BCUT2D eigenvalue weighted by molar-refractivity contribution is 5.86. The molecule has 4 nitrogen and oxygen atoms in total. The predicted molar refractivity (Wildman–Crippen MR) is 51.6 cm³/mol. The summed E-state index contributed by atoms with van der Waals surface area (Å²) in [5.41, 5.74) is 0.593. The Labute approximate surface area is 81.9 Å². The first-order valence-electron chi connectivity index (χ1n) is 4.22. The molecule has 0 amide bonds. The van der Waals surface area contributed by atoms with Crippen molar-refractivity contribution < 1.29 is 14.6 Å². The highest BCUT2D eigenvalue weighted by Gasteiger charge is 1.94. The van der Waals surface area contributed by atoms with Gasteiger partial charge in [0.2, 0.25) is 0 Å². The molecule has 1 aromatic heterocycles. The Hall–Kier alpha value is -1.84. The van der Waals surface area contributed by atoms with Crippen LogP contribution in [0.4, 0.5) is 0 Å². The molecule has 0 bridgehead atoms. The van der Waals surface area contributed by atoms with Crippen LogP contribution in [0.15, 0.2) is 24.4 Å². The minimum Gasteiger partial charge on any atom is -0.506 e. The zero-order chi connectivity index (χ0) is 10.4. The van der Waals surface area contributed by atoms with Crippen LogP contribution in [-0.2, 0) is 9.53 Å². The molecule has 0 saturated carbocycles. The smallest absolute Gasteiger partial charge is 0.330 e. The Bertz CT molecular complexity index is 330. The molecule has 1 N–H and O–H groups in total. The van der Waals surface area contributed by atoms with Crippen LogP contribution >= 0.6 is 0 Å². The zero-order valence-electron chi connectivity index (χ0n) is 7.80. The van der Waals surface area contributed by atoms with E-state index in [-0.39, 0.29) is 5.75 Å². The standard InChI is InChI=1S/C10H11NO3/c1-2-14-10(13)6-4-8-3-5-9(12)7-11-8/h3-7,12H,2H2,1H3. The van der Waals surface area contributed by atoms with Crippen molar-refractivity contribution in [3.05, 3.63) is 30.1 Å². The summed E-state index contributed by atoms with van der Waals surface area (Å²) in [5.74, 6) is -0.305. The fourth-order valence-electron chi connectivity index (χ4n) is 0.840. The number of hydrogen-bond donors (Lipinski definition) is 1. The first kappa shape index (κ1) is 10.2. The molecule has 0 radical (unpaired) electrons. The van der Waals surface area contributed by atoms with E-state index in [2.05, 4.69) is 9.72 Å². The number of carbonyl (C=O) groups is 1. The molecule has 74 valence electrons. The second kappa shape index (κ2) is 5.01. The minimum absolute atomic E-state index is 0.0956. The average Bonchev–Trinajstić information content (AvgIpc) is 2.17. The van der Waals surface area contributed by atoms with Crippen molar-refractivity contribution in [2.24, 2.45) is 0 Å². The Morgan fingerprint density at radius 3 is 3.00 bits per heavy atom. The molecule has 1 aromatic rings. The van der Waals surface area contributed by atoms with Crippen molar-refractivity contribution in [1.29, 1.82) is 0 Å². The van der Waals surface area contributed by atoms with Crippen molar-refractivity contribution in [1.82, 2.24) is 4.98 Å². The molecule has 0 unspecified atom stereocenters. The molecule has 4 heteroatoms. The predicted octanol–water partition coefficient (Wildman–Crippen LogP) is 1.36. The van der Waals surface area contributed by atoms with Gasteiger partial charge in [0, 0.05) is 6.08 Å². The van der Waals surface area contributed by atoms with E-state index < -0.39 is 5.97 Å². The van der Waals surface area contributed by atoms with Crippen LogP contribution in [-0.4, -0.2) is 22.7 Å². The Balaban J connectivity index is 2.60. The number of carbonyl (C=O) groups excluding carboxylic acids is 1. The van der Waals surface area contributed by atoms with Crippen LogP contribution in [0, 0.1) is 0 Å². The van der Waals surface area contributed by atoms with Crippen molar-refractivity contribution in [2.45, 2.75) is 6.92 Å². The highest BCUT2D eigenvalue weighted by atomic mass is 16.5. The Morgan fingerprint density at radius 1 is 1.64 bits per heavy atom. The number of nitrogens with zero attached hydrogens (tertiary/aromatic N) is 1. The van der Waals surface area contributed by atoms with Crippen molar-refractivity contribution in [2.75, 3.05) is 6.61 Å². The van der Waals surface area contributed by atoms with Gasteiger partial charge >= 0.3 is 5.97 Å². The number of pyridine rings is 1. The molecule has 14 heavy (non-hydrogen) atoms. The van der Waals surface area contributed by atoms with E-state index in [1.54, 1.807) is 13.0 Å². The topological polar surface area (TPSA) is 59.4 Å². The maximum Gasteiger partial charge on any atom is 0.330 e. The molecule has 0 saturated heterocycles. The summed E-state index contributed by atoms with van der Waals surface area (Å²) in [5, 5.41) is 8.94. The molecule has 0 atom stereocenters. The summed E-state index contributed by atoms with van der Waals surface area (Å²) in [6, 6.07) is 3.10. The summed E-state index contributed by atoms with van der Waals surface area (Å²) in [6.45, 7) is 2.09. The van der Waals surface area contributed by atoms with Gasteiger partial charge in [-0.15, -0.1) is 0 Å². The van der Waals surface area contributed by atoms with Gasteiger partial charge in [-0.2, -0.15) is 0 Å². The molecule has 0 spiro atoms. The molecule has 0 fully saturated rings. The third-order valence-corrected chi connectivity index (χ3v) is 1.45. The van der Waals surface area contributed by atoms with Crippen LogP contribution < -0.4 is 0 Å². The van der Waals surface area contributed by atoms with Crippen LogP contribution in [0.2, 0.25) is 0 Å². The second-order valence-electron chi connectivity index (χ2n) is 2.53. The number of ether oxygens (including phenoxy) is 1.